The molecule has 0 unspecified atom stereocenters. The highest BCUT2D eigenvalue weighted by atomic mass is 19.1. The third kappa shape index (κ3) is 1.61. The first-order valence-electron chi connectivity index (χ1n) is 4.07. The van der Waals surface area contributed by atoms with Crippen molar-refractivity contribution >= 4 is 5.78 Å². The molecule has 75 valence electrons. The van der Waals surface area contributed by atoms with Gasteiger partial charge in [0.15, 0.2) is 17.4 Å². The molecule has 1 radical (unpaired) electrons. The largest absolute Gasteiger partial charge is 0.294 e. The topological polar surface area (TPSA) is 60.7 Å². The number of hydrogen-bond donors (Lipinski definition) is 0. The molecular formula is C9H6FN4O. The number of carbonyl (C=O) groups is 1. The summed E-state index contributed by atoms with van der Waals surface area (Å²) in [5.41, 5.74) is -0.115. The Labute approximate surface area is 84.6 Å². The van der Waals surface area contributed by atoms with Crippen LogP contribution in [-0.4, -0.2) is 25.8 Å². The van der Waals surface area contributed by atoms with Crippen molar-refractivity contribution in [3.63, 3.8) is 0 Å². The lowest BCUT2D eigenvalue weighted by molar-refractivity contribution is 0.104. The third-order valence-corrected chi connectivity index (χ3v) is 1.81. The summed E-state index contributed by atoms with van der Waals surface area (Å²) in [6.07, 6.45) is 4.14. The predicted molar refractivity (Wildman–Crippen MR) is 48.8 cm³/mol. The molecule has 0 spiro atoms. The van der Waals surface area contributed by atoms with Gasteiger partial charge in [0.2, 0.25) is 0 Å². The summed E-state index contributed by atoms with van der Waals surface area (Å²) in [7, 11) is 0. The van der Waals surface area contributed by atoms with Crippen LogP contribution in [0, 0.1) is 12.7 Å². The fraction of sp³-hybridized carbons (Fsp3) is 0. The average Bonchev–Trinajstić information content (AvgIpc) is 2.70. The van der Waals surface area contributed by atoms with Crippen LogP contribution in [0.2, 0.25) is 0 Å². The molecule has 0 aromatic carbocycles. The highest BCUT2D eigenvalue weighted by Gasteiger charge is 2.14. The van der Waals surface area contributed by atoms with Gasteiger partial charge in [-0.15, -0.1) is 5.10 Å². The van der Waals surface area contributed by atoms with Crippen molar-refractivity contribution in [3.8, 4) is 5.82 Å². The maximum atomic E-state index is 13.7. The van der Waals surface area contributed by atoms with Crippen molar-refractivity contribution in [1.29, 1.82) is 0 Å². The van der Waals surface area contributed by atoms with E-state index < -0.39 is 11.6 Å². The molecule has 2 aromatic rings. The number of ketones is 1. The first-order chi connectivity index (χ1) is 7.20. The van der Waals surface area contributed by atoms with E-state index in [0.717, 1.165) is 4.68 Å². The van der Waals surface area contributed by atoms with Crippen molar-refractivity contribution in [3.05, 3.63) is 43.0 Å². The standard InChI is InChI=1S/C9H6FN4O/c1-6(15)7-2-3-11-9(8(7)10)14-5-4-12-13-14/h2-5H,1H2. The second-order valence-electron chi connectivity index (χ2n) is 2.77. The molecule has 2 rings (SSSR count). The number of pyridine rings is 1. The minimum Gasteiger partial charge on any atom is -0.294 e. The molecule has 6 heteroatoms. The molecule has 0 bridgehead atoms. The zero-order valence-electron chi connectivity index (χ0n) is 7.59. The van der Waals surface area contributed by atoms with E-state index in [9.17, 15) is 9.18 Å². The first-order valence-corrected chi connectivity index (χ1v) is 4.07. The van der Waals surface area contributed by atoms with E-state index in [1.807, 2.05) is 0 Å². The molecule has 0 saturated heterocycles. The van der Waals surface area contributed by atoms with Crippen LogP contribution in [0.1, 0.15) is 10.4 Å². The number of nitrogens with zero attached hydrogens (tertiary/aromatic N) is 4. The van der Waals surface area contributed by atoms with E-state index in [1.165, 1.54) is 24.7 Å². The van der Waals surface area contributed by atoms with Crippen LogP contribution in [0.25, 0.3) is 5.82 Å². The zero-order chi connectivity index (χ0) is 10.8. The maximum absolute atomic E-state index is 13.7. The van der Waals surface area contributed by atoms with Gasteiger partial charge in [-0.05, 0) is 6.07 Å². The monoisotopic (exact) mass is 205 g/mol. The summed E-state index contributed by atoms with van der Waals surface area (Å²) in [6.45, 7) is 3.14. The Morgan fingerprint density at radius 3 is 2.87 bits per heavy atom. The number of hydrogen-bond acceptors (Lipinski definition) is 4. The van der Waals surface area contributed by atoms with Crippen molar-refractivity contribution in [2.24, 2.45) is 0 Å². The van der Waals surface area contributed by atoms with Crippen molar-refractivity contribution in [2.75, 3.05) is 0 Å². The summed E-state index contributed by atoms with van der Waals surface area (Å²) >= 11 is 0. The molecule has 0 aliphatic heterocycles. The number of carbonyl (C=O) groups excluding carboxylic acids is 1. The smallest absolute Gasteiger partial charge is 0.191 e. The lowest BCUT2D eigenvalue weighted by Crippen LogP contribution is -2.07. The summed E-state index contributed by atoms with van der Waals surface area (Å²) in [5, 5.41) is 7.10. The van der Waals surface area contributed by atoms with E-state index >= 15 is 0 Å². The van der Waals surface area contributed by atoms with Gasteiger partial charge in [-0.2, -0.15) is 4.68 Å². The summed E-state index contributed by atoms with van der Waals surface area (Å²) in [6, 6.07) is 1.27. The Bertz CT molecular complexity index is 495. The maximum Gasteiger partial charge on any atom is 0.191 e. The zero-order valence-corrected chi connectivity index (χ0v) is 7.59. The fourth-order valence-electron chi connectivity index (χ4n) is 1.13. The van der Waals surface area contributed by atoms with Gasteiger partial charge in [0, 0.05) is 13.1 Å². The second-order valence-corrected chi connectivity index (χ2v) is 2.77. The minimum atomic E-state index is -0.747. The third-order valence-electron chi connectivity index (χ3n) is 1.81. The van der Waals surface area contributed by atoms with Crippen LogP contribution in [-0.2, 0) is 0 Å². The van der Waals surface area contributed by atoms with Gasteiger partial charge >= 0.3 is 0 Å². The van der Waals surface area contributed by atoms with E-state index in [0.29, 0.717) is 0 Å². The molecule has 2 heterocycles. The van der Waals surface area contributed by atoms with Gasteiger partial charge in [-0.1, -0.05) is 5.21 Å². The molecule has 0 aliphatic carbocycles. The number of rotatable bonds is 2. The summed E-state index contributed by atoms with van der Waals surface area (Å²) < 4.78 is 14.8. The highest BCUT2D eigenvalue weighted by Crippen LogP contribution is 2.13. The van der Waals surface area contributed by atoms with Crippen LogP contribution in [0.3, 0.4) is 0 Å². The average molecular weight is 205 g/mol. The van der Waals surface area contributed by atoms with E-state index in [1.54, 1.807) is 0 Å². The highest BCUT2D eigenvalue weighted by molar-refractivity contribution is 5.99. The van der Waals surface area contributed by atoms with E-state index in [2.05, 4.69) is 22.2 Å². The Morgan fingerprint density at radius 2 is 2.27 bits per heavy atom. The number of halogens is 1. The van der Waals surface area contributed by atoms with Crippen molar-refractivity contribution in [1.82, 2.24) is 20.0 Å². The van der Waals surface area contributed by atoms with Crippen LogP contribution in [0.4, 0.5) is 4.39 Å². The minimum absolute atomic E-state index is 0.0676. The Kier molecular flexibility index (Phi) is 2.24. The number of Topliss-reactive ketones (excluding diaryl/α,β-unsaturated/α-hetero) is 1. The molecule has 2 aromatic heterocycles. The molecule has 0 fully saturated rings. The van der Waals surface area contributed by atoms with Gasteiger partial charge in [-0.3, -0.25) is 4.79 Å². The molecule has 0 atom stereocenters. The van der Waals surface area contributed by atoms with Gasteiger partial charge in [0.05, 0.1) is 18.0 Å². The summed E-state index contributed by atoms with van der Waals surface area (Å²) in [4.78, 5) is 14.7. The van der Waals surface area contributed by atoms with Crippen LogP contribution in [0.5, 0.6) is 0 Å². The molecule has 0 amide bonds. The molecule has 0 N–H and O–H groups in total. The van der Waals surface area contributed by atoms with Crippen LogP contribution in [0.15, 0.2) is 24.7 Å². The Morgan fingerprint density at radius 1 is 1.47 bits per heavy atom. The fourth-order valence-corrected chi connectivity index (χ4v) is 1.13. The normalized spacial score (nSPS) is 10.3. The van der Waals surface area contributed by atoms with Crippen molar-refractivity contribution in [2.45, 2.75) is 0 Å². The number of aromatic nitrogens is 4. The predicted octanol–water partition coefficient (Wildman–Crippen LogP) is 0.818. The Hall–Kier alpha value is -2.11. The summed E-state index contributed by atoms with van der Waals surface area (Å²) in [5.74, 6) is -1.42. The molecule has 15 heavy (non-hydrogen) atoms. The van der Waals surface area contributed by atoms with Crippen molar-refractivity contribution < 1.29 is 9.18 Å². The molecular weight excluding hydrogens is 199 g/mol. The molecule has 0 saturated carbocycles. The van der Waals surface area contributed by atoms with Crippen LogP contribution < -0.4 is 0 Å². The van der Waals surface area contributed by atoms with Crippen LogP contribution >= 0.6 is 0 Å². The Balaban J connectivity index is 2.59. The van der Waals surface area contributed by atoms with Gasteiger partial charge in [0.25, 0.3) is 0 Å². The lowest BCUT2D eigenvalue weighted by Gasteiger charge is -2.03. The lowest BCUT2D eigenvalue weighted by atomic mass is 10.2. The van der Waals surface area contributed by atoms with Gasteiger partial charge in [0.1, 0.15) is 0 Å². The molecule has 5 nitrogen and oxygen atoms in total. The SMILES string of the molecule is [CH2]C(=O)c1ccnc(-n2ccnn2)c1F. The molecule has 0 aliphatic rings. The van der Waals surface area contributed by atoms with Gasteiger partial charge < -0.3 is 0 Å². The first kappa shape index (κ1) is 9.45. The van der Waals surface area contributed by atoms with E-state index in [4.69, 9.17) is 0 Å². The second kappa shape index (κ2) is 3.56. The van der Waals surface area contributed by atoms with Gasteiger partial charge in [-0.25, -0.2) is 9.37 Å². The quantitative estimate of drug-likeness (QED) is 0.681. The van der Waals surface area contributed by atoms with E-state index in [-0.39, 0.29) is 11.4 Å².